The minimum Gasteiger partial charge on any atom is -0.474 e. The van der Waals surface area contributed by atoms with Gasteiger partial charge in [-0.05, 0) is 97.5 Å². The number of carbonyl (C=O) groups excluding carboxylic acids is 2. The number of fused-ring (bicyclic) bond motifs is 4. The number of nitrogens with two attached hydrogens (primary N) is 2. The lowest BCUT2D eigenvalue weighted by Crippen LogP contribution is -2.20. The van der Waals surface area contributed by atoms with E-state index >= 15 is 0 Å². The van der Waals surface area contributed by atoms with Crippen molar-refractivity contribution in [2.24, 2.45) is 23.7 Å². The Balaban J connectivity index is 0.000000158. The Labute approximate surface area is 356 Å². The normalized spacial score (nSPS) is 19.3. The average Bonchev–Trinajstić information content (AvgIpc) is 4.21. The van der Waals surface area contributed by atoms with E-state index in [0.29, 0.717) is 72.5 Å². The second-order valence-electron chi connectivity index (χ2n) is 16.1. The third-order valence-electron chi connectivity index (χ3n) is 12.0. The SMILES string of the molecule is Cc1c(-c2cc3cc(NC(=O)[C@@H]4C[C@@H]4CCO)ncc3c(N)n2)cnc2c1NCCO2.Cc1c(-c2cc3cc(NC(=O)[C@H]4C[C@H]4CCO)ncc3c(N)n2)cnc2c1NCCO2. The van der Waals surface area contributed by atoms with E-state index in [1.807, 2.05) is 26.0 Å². The van der Waals surface area contributed by atoms with Crippen LogP contribution in [-0.4, -0.2) is 91.4 Å². The van der Waals surface area contributed by atoms with Gasteiger partial charge in [-0.2, -0.15) is 0 Å². The minimum absolute atomic E-state index is 0.0540. The van der Waals surface area contributed by atoms with E-state index in [2.05, 4.69) is 51.2 Å². The number of carbonyl (C=O) groups is 2. The molecule has 0 radical (unpaired) electrons. The number of nitrogens with zero attached hydrogens (tertiary/aromatic N) is 6. The maximum atomic E-state index is 12.4. The van der Waals surface area contributed by atoms with Crippen LogP contribution in [0.5, 0.6) is 11.8 Å². The largest absolute Gasteiger partial charge is 0.474 e. The molecule has 0 bridgehead atoms. The molecule has 62 heavy (non-hydrogen) atoms. The number of aromatic nitrogens is 6. The molecule has 2 saturated carbocycles. The molecular weight excluding hydrogens is 793 g/mol. The Hall–Kier alpha value is -6.92. The first-order valence-electron chi connectivity index (χ1n) is 20.8. The van der Waals surface area contributed by atoms with E-state index in [1.54, 1.807) is 36.9 Å². The Bertz CT molecular complexity index is 2550. The van der Waals surface area contributed by atoms with Gasteiger partial charge in [0.1, 0.15) is 47.9 Å². The van der Waals surface area contributed by atoms with Gasteiger partial charge < -0.3 is 52.4 Å². The van der Waals surface area contributed by atoms with Crippen LogP contribution in [0, 0.1) is 37.5 Å². The lowest BCUT2D eigenvalue weighted by molar-refractivity contribution is -0.118. The van der Waals surface area contributed by atoms with Crippen molar-refractivity contribution in [3.05, 3.63) is 60.2 Å². The lowest BCUT2D eigenvalue weighted by atomic mass is 10.0. The molecule has 2 aliphatic heterocycles. The number of rotatable bonds is 10. The summed E-state index contributed by atoms with van der Waals surface area (Å²) in [5, 5.41) is 33.6. The molecule has 2 aliphatic carbocycles. The van der Waals surface area contributed by atoms with Crippen LogP contribution in [0.1, 0.15) is 36.8 Å². The van der Waals surface area contributed by atoms with Crippen molar-refractivity contribution in [3.63, 3.8) is 0 Å². The summed E-state index contributed by atoms with van der Waals surface area (Å²) in [5.74, 6) is 3.14. The molecule has 2 fully saturated rings. The van der Waals surface area contributed by atoms with Crippen molar-refractivity contribution < 1.29 is 29.3 Å². The van der Waals surface area contributed by atoms with Crippen molar-refractivity contribution in [2.45, 2.75) is 39.5 Å². The van der Waals surface area contributed by atoms with Gasteiger partial charge in [0, 0.05) is 84.8 Å². The maximum Gasteiger partial charge on any atom is 0.237 e. The predicted octanol–water partition coefficient (Wildman–Crippen LogP) is 4.69. The second-order valence-corrected chi connectivity index (χ2v) is 16.1. The number of nitrogen functional groups attached to an aromatic ring is 2. The highest BCUT2D eigenvalue weighted by molar-refractivity contribution is 6.00. The van der Waals surface area contributed by atoms with E-state index < -0.39 is 0 Å². The molecule has 0 unspecified atom stereocenters. The molecule has 6 aromatic rings. The first-order chi connectivity index (χ1) is 30.1. The fourth-order valence-electron chi connectivity index (χ4n) is 8.26. The van der Waals surface area contributed by atoms with E-state index in [1.165, 1.54) is 0 Å². The van der Waals surface area contributed by atoms with Gasteiger partial charge >= 0.3 is 0 Å². The number of aliphatic hydroxyl groups is 2. The smallest absolute Gasteiger partial charge is 0.237 e. The first kappa shape index (κ1) is 40.5. The van der Waals surface area contributed by atoms with Crippen LogP contribution in [0.3, 0.4) is 0 Å². The summed E-state index contributed by atoms with van der Waals surface area (Å²) in [6, 6.07) is 7.46. The minimum atomic E-state index is -0.0617. The van der Waals surface area contributed by atoms with Gasteiger partial charge in [-0.3, -0.25) is 9.59 Å². The Morgan fingerprint density at radius 1 is 0.677 bits per heavy atom. The Morgan fingerprint density at radius 2 is 1.11 bits per heavy atom. The molecule has 4 aliphatic rings. The zero-order valence-corrected chi connectivity index (χ0v) is 34.4. The number of hydrogen-bond donors (Lipinski definition) is 8. The third-order valence-corrected chi connectivity index (χ3v) is 12.0. The van der Waals surface area contributed by atoms with Crippen LogP contribution in [0.4, 0.5) is 34.6 Å². The third kappa shape index (κ3) is 8.13. The van der Waals surface area contributed by atoms with Crippen molar-refractivity contribution in [3.8, 4) is 34.3 Å². The topological polar surface area (TPSA) is 271 Å². The molecular formula is C44H48N12O6. The number of aliphatic hydroxyl groups excluding tert-OH is 2. The molecule has 18 nitrogen and oxygen atoms in total. The second kappa shape index (κ2) is 16.9. The number of nitrogens with one attached hydrogen (secondary N) is 4. The van der Waals surface area contributed by atoms with Gasteiger partial charge in [0.25, 0.3) is 0 Å². The van der Waals surface area contributed by atoms with Crippen LogP contribution in [-0.2, 0) is 9.59 Å². The summed E-state index contributed by atoms with van der Waals surface area (Å²) in [4.78, 5) is 51.5. The van der Waals surface area contributed by atoms with Crippen molar-refractivity contribution in [1.82, 2.24) is 29.9 Å². The highest BCUT2D eigenvalue weighted by Gasteiger charge is 2.43. The van der Waals surface area contributed by atoms with Gasteiger partial charge in [-0.15, -0.1) is 0 Å². The molecule has 2 amide bonds. The van der Waals surface area contributed by atoms with Crippen molar-refractivity contribution >= 4 is 68.0 Å². The van der Waals surface area contributed by atoms with Crippen LogP contribution in [0.15, 0.2) is 49.1 Å². The monoisotopic (exact) mass is 840 g/mol. The summed E-state index contributed by atoms with van der Waals surface area (Å²) in [6.45, 7) is 6.83. The quantitative estimate of drug-likeness (QED) is 0.0930. The highest BCUT2D eigenvalue weighted by Crippen LogP contribution is 2.43. The Morgan fingerprint density at radius 3 is 1.53 bits per heavy atom. The number of anilines is 6. The number of ether oxygens (including phenoxy) is 2. The average molecular weight is 841 g/mol. The molecule has 10 rings (SSSR count). The molecule has 0 aromatic carbocycles. The van der Waals surface area contributed by atoms with Gasteiger partial charge in [0.05, 0.1) is 11.4 Å². The number of hydrogen-bond acceptors (Lipinski definition) is 16. The molecule has 18 heteroatoms. The number of pyridine rings is 6. The van der Waals surface area contributed by atoms with Crippen molar-refractivity contribution in [1.29, 1.82) is 0 Å². The summed E-state index contributed by atoms with van der Waals surface area (Å²) >= 11 is 0. The van der Waals surface area contributed by atoms with Crippen LogP contribution < -0.4 is 42.2 Å². The van der Waals surface area contributed by atoms with E-state index in [9.17, 15) is 9.59 Å². The van der Waals surface area contributed by atoms with E-state index in [4.69, 9.17) is 31.2 Å². The summed E-state index contributed by atoms with van der Waals surface area (Å²) in [6.07, 6.45) is 9.67. The van der Waals surface area contributed by atoms with E-state index in [0.717, 1.165) is 81.1 Å². The van der Waals surface area contributed by atoms with Crippen LogP contribution in [0.25, 0.3) is 44.1 Å². The van der Waals surface area contributed by atoms with Crippen molar-refractivity contribution in [2.75, 3.05) is 72.3 Å². The molecule has 6 aromatic heterocycles. The molecule has 8 heterocycles. The molecule has 0 saturated heterocycles. The predicted molar refractivity (Wildman–Crippen MR) is 236 cm³/mol. The van der Waals surface area contributed by atoms with Crippen LogP contribution >= 0.6 is 0 Å². The van der Waals surface area contributed by atoms with Gasteiger partial charge in [0.15, 0.2) is 0 Å². The molecule has 320 valence electrons. The highest BCUT2D eigenvalue weighted by atomic mass is 16.5. The zero-order valence-electron chi connectivity index (χ0n) is 34.4. The van der Waals surface area contributed by atoms with Gasteiger partial charge in [-0.1, -0.05) is 0 Å². The summed E-state index contributed by atoms with van der Waals surface area (Å²) in [5.41, 5.74) is 19.3. The summed E-state index contributed by atoms with van der Waals surface area (Å²) in [7, 11) is 0. The summed E-state index contributed by atoms with van der Waals surface area (Å²) < 4.78 is 11.2. The number of amides is 2. The lowest BCUT2D eigenvalue weighted by Gasteiger charge is -2.21. The molecule has 4 atom stereocenters. The zero-order chi connectivity index (χ0) is 43.1. The molecule has 10 N–H and O–H groups in total. The fraction of sp³-hybridized carbons (Fsp3) is 0.364. The van der Waals surface area contributed by atoms with E-state index in [-0.39, 0.29) is 48.7 Å². The van der Waals surface area contributed by atoms with Crippen LogP contribution in [0.2, 0.25) is 0 Å². The van der Waals surface area contributed by atoms with Gasteiger partial charge in [-0.25, -0.2) is 29.9 Å². The standard InChI is InChI=1S/2C22H24N6O3/c2*1-11-15(9-26-22-19(11)24-3-5-31-22)17-7-13-8-18(25-10-16(13)20(23)27-17)28-21(30)14-6-12(14)2-4-29/h2*7-10,12,14,24,29H,2-6H2,1H3,(H2,23,27)(H,25,28,30)/t2*12-,14+/m10/s1. The Kier molecular flexibility index (Phi) is 11.0. The van der Waals surface area contributed by atoms with Gasteiger partial charge in [0.2, 0.25) is 23.6 Å². The molecule has 0 spiro atoms. The first-order valence-corrected chi connectivity index (χ1v) is 20.8. The fourth-order valence-corrected chi connectivity index (χ4v) is 8.26. The maximum absolute atomic E-state index is 12.4.